The molecule has 2 fully saturated rings. The lowest BCUT2D eigenvalue weighted by atomic mass is 9.98. The molecule has 0 aromatic rings. The first-order valence-corrected chi connectivity index (χ1v) is 10.1. The molecule has 0 aliphatic carbocycles. The third-order valence-electron chi connectivity index (χ3n) is 5.71. The van der Waals surface area contributed by atoms with Gasteiger partial charge < -0.3 is 52.1 Å². The molecule has 0 aromatic carbocycles. The molecule has 9 atom stereocenters. The van der Waals surface area contributed by atoms with Crippen molar-refractivity contribution in [3.8, 4) is 0 Å². The second-order valence-electron chi connectivity index (χ2n) is 7.43. The first-order valence-electron chi connectivity index (χ1n) is 10.1. The van der Waals surface area contributed by atoms with E-state index in [9.17, 15) is 0 Å². The predicted octanol–water partition coefficient (Wildman–Crippen LogP) is -0.163. The molecule has 9 unspecified atom stereocenters. The molecule has 2 aliphatic rings. The van der Waals surface area contributed by atoms with Crippen molar-refractivity contribution in [2.75, 3.05) is 76.7 Å². The van der Waals surface area contributed by atoms with Crippen LogP contribution >= 0.6 is 0 Å². The van der Waals surface area contributed by atoms with Crippen molar-refractivity contribution in [1.82, 2.24) is 0 Å². The summed E-state index contributed by atoms with van der Waals surface area (Å²) in [5.41, 5.74) is 0. The lowest BCUT2D eigenvalue weighted by Gasteiger charge is -2.47. The molecule has 11 nitrogen and oxygen atoms in total. The van der Waals surface area contributed by atoms with Crippen molar-refractivity contribution >= 4 is 0 Å². The Labute approximate surface area is 184 Å². The number of methoxy groups -OCH3 is 8. The molecular weight excluding hydrogens is 416 g/mol. The maximum atomic E-state index is 6.45. The molecule has 0 saturated carbocycles. The second-order valence-corrected chi connectivity index (χ2v) is 7.43. The summed E-state index contributed by atoms with van der Waals surface area (Å²) in [5, 5.41) is 0. The molecular formula is C20H38O11. The first-order chi connectivity index (χ1) is 15.0. The summed E-state index contributed by atoms with van der Waals surface area (Å²) in [6.07, 6.45) is -4.42. The molecule has 0 amide bonds. The molecule has 0 bridgehead atoms. The van der Waals surface area contributed by atoms with Crippen molar-refractivity contribution in [2.24, 2.45) is 0 Å². The van der Waals surface area contributed by atoms with Gasteiger partial charge in [0.1, 0.15) is 49.3 Å². The van der Waals surface area contributed by atoms with E-state index in [1.165, 1.54) is 0 Å². The highest BCUT2D eigenvalue weighted by Gasteiger charge is 2.60. The fourth-order valence-electron chi connectivity index (χ4n) is 4.43. The summed E-state index contributed by atoms with van der Waals surface area (Å²) >= 11 is 0. The quantitative estimate of drug-likeness (QED) is 0.371. The van der Waals surface area contributed by atoms with Crippen LogP contribution in [0, 0.1) is 0 Å². The van der Waals surface area contributed by atoms with Crippen LogP contribution in [0.25, 0.3) is 0 Å². The summed E-state index contributed by atoms with van der Waals surface area (Å²) < 4.78 is 63.5. The first kappa shape index (κ1) is 26.8. The van der Waals surface area contributed by atoms with E-state index in [1.807, 2.05) is 0 Å². The standard InChI is InChI=1S/C20H38O11/c1-21-9-12-14(24-4)16(26-6)17(27-7)19(29-12)31-20(11-23-3)18(28-8)15(25-5)13(30-20)10-22-2/h12-19H,9-11H2,1-8H3. The molecule has 0 radical (unpaired) electrons. The number of hydrogen-bond acceptors (Lipinski definition) is 11. The van der Waals surface area contributed by atoms with Crippen LogP contribution in [0.5, 0.6) is 0 Å². The Balaban J connectivity index is 2.38. The van der Waals surface area contributed by atoms with Crippen molar-refractivity contribution < 1.29 is 52.1 Å². The predicted molar refractivity (Wildman–Crippen MR) is 107 cm³/mol. The maximum absolute atomic E-state index is 6.45. The average Bonchev–Trinajstić information content (AvgIpc) is 3.05. The topological polar surface area (TPSA) is 102 Å². The summed E-state index contributed by atoms with van der Waals surface area (Å²) in [6, 6.07) is 0. The second kappa shape index (κ2) is 12.7. The summed E-state index contributed by atoms with van der Waals surface area (Å²) in [7, 11) is 12.6. The average molecular weight is 455 g/mol. The smallest absolute Gasteiger partial charge is 0.224 e. The van der Waals surface area contributed by atoms with Gasteiger partial charge in [0.15, 0.2) is 6.29 Å². The third kappa shape index (κ3) is 5.56. The number of hydrogen-bond donors (Lipinski definition) is 0. The van der Waals surface area contributed by atoms with Crippen molar-refractivity contribution in [1.29, 1.82) is 0 Å². The zero-order chi connectivity index (χ0) is 23.0. The highest BCUT2D eigenvalue weighted by atomic mass is 16.8. The van der Waals surface area contributed by atoms with Gasteiger partial charge in [-0.2, -0.15) is 0 Å². The van der Waals surface area contributed by atoms with Crippen LogP contribution < -0.4 is 0 Å². The molecule has 2 saturated heterocycles. The Bertz CT molecular complexity index is 510. The molecule has 0 N–H and O–H groups in total. The fourth-order valence-corrected chi connectivity index (χ4v) is 4.43. The van der Waals surface area contributed by atoms with E-state index in [1.54, 1.807) is 56.9 Å². The zero-order valence-corrected chi connectivity index (χ0v) is 19.7. The Morgan fingerprint density at radius 2 is 1.19 bits per heavy atom. The van der Waals surface area contributed by atoms with Gasteiger partial charge in [0.25, 0.3) is 0 Å². The van der Waals surface area contributed by atoms with Crippen LogP contribution in [-0.2, 0) is 52.1 Å². The molecule has 11 heteroatoms. The van der Waals surface area contributed by atoms with Crippen LogP contribution in [0.4, 0.5) is 0 Å². The van der Waals surface area contributed by atoms with Gasteiger partial charge in [-0.15, -0.1) is 0 Å². The summed E-state index contributed by atoms with van der Waals surface area (Å²) in [4.78, 5) is 0. The van der Waals surface area contributed by atoms with Gasteiger partial charge in [-0.1, -0.05) is 0 Å². The van der Waals surface area contributed by atoms with Crippen molar-refractivity contribution in [3.05, 3.63) is 0 Å². The number of ether oxygens (including phenoxy) is 11. The van der Waals surface area contributed by atoms with Crippen LogP contribution in [0.2, 0.25) is 0 Å². The van der Waals surface area contributed by atoms with E-state index in [-0.39, 0.29) is 19.8 Å². The molecule has 31 heavy (non-hydrogen) atoms. The van der Waals surface area contributed by atoms with Gasteiger partial charge in [-0.3, -0.25) is 0 Å². The van der Waals surface area contributed by atoms with E-state index in [0.717, 1.165) is 0 Å². The minimum Gasteiger partial charge on any atom is -0.382 e. The Kier molecular flexibility index (Phi) is 11.0. The molecule has 2 aliphatic heterocycles. The van der Waals surface area contributed by atoms with Crippen LogP contribution in [0.1, 0.15) is 0 Å². The fraction of sp³-hybridized carbons (Fsp3) is 1.00. The third-order valence-corrected chi connectivity index (χ3v) is 5.71. The highest BCUT2D eigenvalue weighted by molar-refractivity contribution is 5.01. The molecule has 184 valence electrons. The Hall–Kier alpha value is -0.440. The van der Waals surface area contributed by atoms with Gasteiger partial charge in [0.05, 0.1) is 13.2 Å². The summed E-state index contributed by atoms with van der Waals surface area (Å²) in [5.74, 6) is -1.34. The normalized spacial score (nSPS) is 41.0. The van der Waals surface area contributed by atoms with E-state index >= 15 is 0 Å². The van der Waals surface area contributed by atoms with Crippen LogP contribution in [-0.4, -0.2) is 132 Å². The molecule has 0 spiro atoms. The van der Waals surface area contributed by atoms with Gasteiger partial charge in [-0.05, 0) is 0 Å². The van der Waals surface area contributed by atoms with Gasteiger partial charge in [0, 0.05) is 56.9 Å². The zero-order valence-electron chi connectivity index (χ0n) is 19.7. The van der Waals surface area contributed by atoms with Crippen molar-refractivity contribution in [2.45, 2.75) is 54.8 Å². The lowest BCUT2D eigenvalue weighted by molar-refractivity contribution is -0.390. The highest BCUT2D eigenvalue weighted by Crippen LogP contribution is 2.40. The van der Waals surface area contributed by atoms with E-state index in [2.05, 4.69) is 0 Å². The molecule has 2 heterocycles. The lowest BCUT2D eigenvalue weighted by Crippen LogP contribution is -2.64. The molecule has 2 rings (SSSR count). The van der Waals surface area contributed by atoms with E-state index in [4.69, 9.17) is 52.1 Å². The maximum Gasteiger partial charge on any atom is 0.224 e. The largest absolute Gasteiger partial charge is 0.382 e. The molecule has 0 aromatic heterocycles. The van der Waals surface area contributed by atoms with Crippen LogP contribution in [0.15, 0.2) is 0 Å². The Morgan fingerprint density at radius 1 is 0.613 bits per heavy atom. The van der Waals surface area contributed by atoms with Gasteiger partial charge in [0.2, 0.25) is 5.79 Å². The van der Waals surface area contributed by atoms with E-state index in [0.29, 0.717) is 0 Å². The Morgan fingerprint density at radius 3 is 1.68 bits per heavy atom. The minimum absolute atomic E-state index is 0.0577. The van der Waals surface area contributed by atoms with Gasteiger partial charge >= 0.3 is 0 Å². The van der Waals surface area contributed by atoms with Gasteiger partial charge in [-0.25, -0.2) is 0 Å². The summed E-state index contributed by atoms with van der Waals surface area (Å²) in [6.45, 7) is 0.612. The minimum atomic E-state index is -1.34. The van der Waals surface area contributed by atoms with E-state index < -0.39 is 54.8 Å². The van der Waals surface area contributed by atoms with Crippen LogP contribution in [0.3, 0.4) is 0 Å². The monoisotopic (exact) mass is 454 g/mol. The van der Waals surface area contributed by atoms with Crippen molar-refractivity contribution in [3.63, 3.8) is 0 Å². The number of rotatable bonds is 13. The SMILES string of the molecule is COCC1OC(OC2(COC)OC(COC)C(OC)C2OC)C(OC)C(OC)C1OC.